The zero-order chi connectivity index (χ0) is 13.4. The van der Waals surface area contributed by atoms with E-state index in [1.165, 1.54) is 10.9 Å². The smallest absolute Gasteiger partial charge is 0.0743 e. The minimum atomic E-state index is 0. The second-order valence-electron chi connectivity index (χ2n) is 5.14. The fourth-order valence-corrected chi connectivity index (χ4v) is 2.25. The fraction of sp³-hybridized carbons (Fsp3) is 0.250. The number of hydrogen-bond acceptors (Lipinski definition) is 2. The van der Waals surface area contributed by atoms with Crippen molar-refractivity contribution in [2.24, 2.45) is 0 Å². The van der Waals surface area contributed by atoms with Crippen molar-refractivity contribution in [3.63, 3.8) is 0 Å². The summed E-state index contributed by atoms with van der Waals surface area (Å²) in [5, 5.41) is 5.59. The summed E-state index contributed by atoms with van der Waals surface area (Å²) in [6, 6.07) is 10.7. The van der Waals surface area contributed by atoms with Crippen molar-refractivity contribution >= 4 is 23.3 Å². The van der Waals surface area contributed by atoms with Crippen molar-refractivity contribution in [1.82, 2.24) is 14.8 Å². The Balaban J connectivity index is 0.00000147. The van der Waals surface area contributed by atoms with Gasteiger partial charge in [-0.15, -0.1) is 12.4 Å². The Hall–Kier alpha value is -1.87. The fourth-order valence-electron chi connectivity index (χ4n) is 2.25. The largest absolute Gasteiger partial charge is 0.270 e. The highest BCUT2D eigenvalue weighted by Gasteiger charge is 2.08. The zero-order valence-corrected chi connectivity index (χ0v) is 12.7. The van der Waals surface area contributed by atoms with E-state index in [1.807, 2.05) is 23.0 Å². The Labute approximate surface area is 125 Å². The van der Waals surface area contributed by atoms with Gasteiger partial charge < -0.3 is 0 Å². The van der Waals surface area contributed by atoms with Gasteiger partial charge in [-0.1, -0.05) is 18.2 Å². The van der Waals surface area contributed by atoms with Gasteiger partial charge in [0.1, 0.15) is 0 Å². The van der Waals surface area contributed by atoms with Crippen LogP contribution in [0.5, 0.6) is 0 Å². The molecule has 3 aromatic rings. The van der Waals surface area contributed by atoms with Crippen LogP contribution in [0.4, 0.5) is 0 Å². The Morgan fingerprint density at radius 2 is 1.90 bits per heavy atom. The van der Waals surface area contributed by atoms with Gasteiger partial charge >= 0.3 is 0 Å². The van der Waals surface area contributed by atoms with Crippen LogP contribution >= 0.6 is 12.4 Å². The van der Waals surface area contributed by atoms with Crippen LogP contribution in [-0.2, 0) is 0 Å². The lowest BCUT2D eigenvalue weighted by atomic mass is 10.1. The normalized spacial score (nSPS) is 10.8. The predicted molar refractivity (Wildman–Crippen MR) is 85.3 cm³/mol. The summed E-state index contributed by atoms with van der Waals surface area (Å²) in [4.78, 5) is 4.73. The molecule has 104 valence electrons. The standard InChI is InChI=1S/C16H17N3.ClH/c1-11(2)19-10-13(9-17-19)16-8-12(3)14-6-4-5-7-15(14)18-16;/h4-11H,1-3H3;1H. The molecule has 20 heavy (non-hydrogen) atoms. The molecule has 0 fully saturated rings. The molecule has 2 heterocycles. The molecule has 3 nitrogen and oxygen atoms in total. The molecule has 0 aliphatic rings. The molecule has 0 spiro atoms. The zero-order valence-electron chi connectivity index (χ0n) is 11.9. The lowest BCUT2D eigenvalue weighted by Gasteiger charge is -2.05. The molecule has 0 N–H and O–H groups in total. The number of halogens is 1. The first-order chi connectivity index (χ1) is 9.15. The maximum atomic E-state index is 4.73. The van der Waals surface area contributed by atoms with Gasteiger partial charge in [0.25, 0.3) is 0 Å². The highest BCUT2D eigenvalue weighted by Crippen LogP contribution is 2.24. The van der Waals surface area contributed by atoms with E-state index in [1.54, 1.807) is 0 Å². The van der Waals surface area contributed by atoms with Crippen molar-refractivity contribution in [3.8, 4) is 11.3 Å². The average molecular weight is 288 g/mol. The van der Waals surface area contributed by atoms with E-state index in [0.717, 1.165) is 16.8 Å². The van der Waals surface area contributed by atoms with Crippen LogP contribution < -0.4 is 0 Å². The monoisotopic (exact) mass is 287 g/mol. The summed E-state index contributed by atoms with van der Waals surface area (Å²) in [7, 11) is 0. The van der Waals surface area contributed by atoms with Gasteiger partial charge in [-0.05, 0) is 38.5 Å². The van der Waals surface area contributed by atoms with Crippen molar-refractivity contribution in [2.75, 3.05) is 0 Å². The van der Waals surface area contributed by atoms with E-state index < -0.39 is 0 Å². The molecule has 0 bridgehead atoms. The second kappa shape index (κ2) is 5.63. The maximum absolute atomic E-state index is 4.73. The molecule has 0 atom stereocenters. The summed E-state index contributed by atoms with van der Waals surface area (Å²) in [6.45, 7) is 6.37. The molecule has 0 amide bonds. The number of aryl methyl sites for hydroxylation is 1. The lowest BCUT2D eigenvalue weighted by Crippen LogP contribution is -1.99. The van der Waals surface area contributed by atoms with Crippen molar-refractivity contribution < 1.29 is 0 Å². The summed E-state index contributed by atoms with van der Waals surface area (Å²) in [6.07, 6.45) is 3.94. The molecule has 0 aliphatic carbocycles. The Kier molecular flexibility index (Phi) is 4.09. The highest BCUT2D eigenvalue weighted by atomic mass is 35.5. The Morgan fingerprint density at radius 1 is 1.15 bits per heavy atom. The number of nitrogens with zero attached hydrogens (tertiary/aromatic N) is 3. The summed E-state index contributed by atoms with van der Waals surface area (Å²) in [5.74, 6) is 0. The number of fused-ring (bicyclic) bond motifs is 1. The van der Waals surface area contributed by atoms with Gasteiger partial charge in [-0.3, -0.25) is 4.68 Å². The maximum Gasteiger partial charge on any atom is 0.0743 e. The molecule has 3 rings (SSSR count). The van der Waals surface area contributed by atoms with Crippen molar-refractivity contribution in [2.45, 2.75) is 26.8 Å². The van der Waals surface area contributed by atoms with E-state index in [0.29, 0.717) is 6.04 Å². The lowest BCUT2D eigenvalue weighted by molar-refractivity contribution is 0.532. The third-order valence-electron chi connectivity index (χ3n) is 3.35. The van der Waals surface area contributed by atoms with Gasteiger partial charge in [0, 0.05) is 23.2 Å². The molecule has 2 aromatic heterocycles. The molecule has 0 aliphatic heterocycles. The van der Waals surface area contributed by atoms with Crippen LogP contribution in [-0.4, -0.2) is 14.8 Å². The number of rotatable bonds is 2. The third kappa shape index (κ3) is 2.54. The topological polar surface area (TPSA) is 30.7 Å². The first-order valence-corrected chi connectivity index (χ1v) is 6.56. The number of para-hydroxylation sites is 1. The van der Waals surface area contributed by atoms with Gasteiger partial charge in [0.2, 0.25) is 0 Å². The van der Waals surface area contributed by atoms with E-state index in [2.05, 4.69) is 50.3 Å². The SMILES string of the molecule is Cc1cc(-c2cnn(C(C)C)c2)nc2ccccc12.Cl. The summed E-state index contributed by atoms with van der Waals surface area (Å²) >= 11 is 0. The van der Waals surface area contributed by atoms with E-state index in [4.69, 9.17) is 4.98 Å². The predicted octanol–water partition coefficient (Wildman–Crippen LogP) is 4.41. The molecule has 0 saturated heterocycles. The molecular formula is C16H18ClN3. The number of benzene rings is 1. The van der Waals surface area contributed by atoms with Crippen molar-refractivity contribution in [3.05, 3.63) is 48.3 Å². The van der Waals surface area contributed by atoms with Crippen LogP contribution in [0, 0.1) is 6.92 Å². The van der Waals surface area contributed by atoms with Gasteiger partial charge in [0.15, 0.2) is 0 Å². The first kappa shape index (κ1) is 14.5. The number of hydrogen-bond donors (Lipinski definition) is 0. The van der Waals surface area contributed by atoms with Crippen LogP contribution in [0.1, 0.15) is 25.5 Å². The minimum Gasteiger partial charge on any atom is -0.270 e. The van der Waals surface area contributed by atoms with Crippen LogP contribution in [0.15, 0.2) is 42.7 Å². The van der Waals surface area contributed by atoms with Gasteiger partial charge in [0.05, 0.1) is 17.4 Å². The van der Waals surface area contributed by atoms with Gasteiger partial charge in [-0.2, -0.15) is 5.10 Å². The highest BCUT2D eigenvalue weighted by molar-refractivity contribution is 5.85. The first-order valence-electron chi connectivity index (χ1n) is 6.56. The second-order valence-corrected chi connectivity index (χ2v) is 5.14. The van der Waals surface area contributed by atoms with Crippen LogP contribution in [0.2, 0.25) is 0 Å². The molecule has 4 heteroatoms. The average Bonchev–Trinajstić information content (AvgIpc) is 2.88. The van der Waals surface area contributed by atoms with Crippen LogP contribution in [0.3, 0.4) is 0 Å². The summed E-state index contributed by atoms with van der Waals surface area (Å²) in [5.41, 5.74) is 4.35. The molecule has 0 unspecified atom stereocenters. The van der Waals surface area contributed by atoms with Gasteiger partial charge in [-0.25, -0.2) is 4.98 Å². The van der Waals surface area contributed by atoms with E-state index >= 15 is 0 Å². The van der Waals surface area contributed by atoms with Crippen LogP contribution in [0.25, 0.3) is 22.2 Å². The quantitative estimate of drug-likeness (QED) is 0.699. The van der Waals surface area contributed by atoms with E-state index in [-0.39, 0.29) is 12.4 Å². The third-order valence-corrected chi connectivity index (χ3v) is 3.35. The number of aromatic nitrogens is 3. The summed E-state index contributed by atoms with van der Waals surface area (Å²) < 4.78 is 1.96. The van der Waals surface area contributed by atoms with Crippen molar-refractivity contribution in [1.29, 1.82) is 0 Å². The molecule has 1 aromatic carbocycles. The Bertz CT molecular complexity index is 731. The number of pyridine rings is 1. The van der Waals surface area contributed by atoms with E-state index in [9.17, 15) is 0 Å². The molecular weight excluding hydrogens is 270 g/mol. The minimum absolute atomic E-state index is 0. The molecule has 0 saturated carbocycles. The molecule has 0 radical (unpaired) electrons. The Morgan fingerprint density at radius 3 is 2.60 bits per heavy atom.